The van der Waals surface area contributed by atoms with Gasteiger partial charge in [-0.3, -0.25) is 4.79 Å². The summed E-state index contributed by atoms with van der Waals surface area (Å²) in [4.78, 5) is 18.8. The van der Waals surface area contributed by atoms with E-state index in [4.69, 9.17) is 25.2 Å². The Morgan fingerprint density at radius 2 is 1.50 bits per heavy atom. The molecule has 0 bridgehead atoms. The van der Waals surface area contributed by atoms with Crippen molar-refractivity contribution in [2.75, 3.05) is 13.2 Å². The molecular formula is C11H23NO6. The summed E-state index contributed by atoms with van der Waals surface area (Å²) in [6, 6.07) is 0. The lowest BCUT2D eigenvalue weighted by molar-refractivity contribution is -0.742. The van der Waals surface area contributed by atoms with Crippen LogP contribution in [0.5, 0.6) is 0 Å². The quantitative estimate of drug-likeness (QED) is 0.285. The van der Waals surface area contributed by atoms with Crippen molar-refractivity contribution in [3.63, 3.8) is 0 Å². The number of hydrogen-bond donors (Lipinski definition) is 2. The Hall–Kier alpha value is -1.37. The molecule has 0 aliphatic rings. The molecule has 0 aromatic heterocycles. The Morgan fingerprint density at radius 1 is 1.11 bits per heavy atom. The summed E-state index contributed by atoms with van der Waals surface area (Å²) >= 11 is 0. The normalized spacial score (nSPS) is 9.22. The molecule has 0 saturated carbocycles. The van der Waals surface area contributed by atoms with Crippen LogP contribution in [0.15, 0.2) is 0 Å². The van der Waals surface area contributed by atoms with Crippen molar-refractivity contribution in [1.29, 1.82) is 0 Å². The van der Waals surface area contributed by atoms with E-state index in [2.05, 4.69) is 0 Å². The molecule has 0 rings (SSSR count). The second kappa shape index (κ2) is 15.6. The molecular weight excluding hydrogens is 242 g/mol. The van der Waals surface area contributed by atoms with Crippen LogP contribution in [0, 0.1) is 10.1 Å². The molecule has 0 unspecified atom stereocenters. The summed E-state index contributed by atoms with van der Waals surface area (Å²) in [6.07, 6.45) is 7.78. The first-order chi connectivity index (χ1) is 8.50. The van der Waals surface area contributed by atoms with Crippen LogP contribution in [0.4, 0.5) is 0 Å². The Morgan fingerprint density at radius 3 is 1.89 bits per heavy atom. The summed E-state index contributed by atoms with van der Waals surface area (Å²) < 4.78 is 4.81. The smallest absolute Gasteiger partial charge is 0.302 e. The number of hydrogen-bond acceptors (Lipinski definition) is 5. The maximum atomic E-state index is 10.4. The van der Waals surface area contributed by atoms with E-state index in [0.29, 0.717) is 13.2 Å². The molecule has 2 N–H and O–H groups in total. The van der Waals surface area contributed by atoms with Crippen LogP contribution in [0.25, 0.3) is 0 Å². The Bertz CT molecular complexity index is 206. The molecule has 0 fully saturated rings. The lowest BCUT2D eigenvalue weighted by Crippen LogP contribution is -2.00. The van der Waals surface area contributed by atoms with Gasteiger partial charge in [-0.2, -0.15) is 0 Å². The summed E-state index contributed by atoms with van der Waals surface area (Å²) in [5, 5.41) is 22.2. The van der Waals surface area contributed by atoms with Crippen LogP contribution in [0.3, 0.4) is 0 Å². The molecule has 0 spiro atoms. The number of aliphatic hydroxyl groups excluding tert-OH is 1. The topological polar surface area (TPSA) is 110 Å². The van der Waals surface area contributed by atoms with E-state index >= 15 is 0 Å². The highest BCUT2D eigenvalue weighted by Gasteiger charge is 1.93. The molecule has 0 heterocycles. The first kappa shape index (κ1) is 19.0. The Labute approximate surface area is 107 Å². The zero-order valence-corrected chi connectivity index (χ0v) is 10.8. The zero-order chi connectivity index (χ0) is 14.2. The van der Waals surface area contributed by atoms with Gasteiger partial charge in [0.25, 0.3) is 5.09 Å². The van der Waals surface area contributed by atoms with Crippen LogP contribution >= 0.6 is 0 Å². The summed E-state index contributed by atoms with van der Waals surface area (Å²) in [6.45, 7) is 2.31. The van der Waals surface area contributed by atoms with Crippen molar-refractivity contribution < 1.29 is 24.9 Å². The molecule has 0 saturated heterocycles. The van der Waals surface area contributed by atoms with E-state index < -0.39 is 5.09 Å². The number of aliphatic hydroxyl groups is 1. The first-order valence-electron chi connectivity index (χ1n) is 6.08. The van der Waals surface area contributed by atoms with E-state index in [1.807, 2.05) is 0 Å². The van der Waals surface area contributed by atoms with E-state index in [1.54, 1.807) is 0 Å². The van der Waals surface area contributed by atoms with Gasteiger partial charge in [-0.1, -0.05) is 32.1 Å². The van der Waals surface area contributed by atoms with Crippen molar-refractivity contribution in [3.05, 3.63) is 10.1 Å². The third-order valence-electron chi connectivity index (χ3n) is 2.11. The number of nitrogens with zero attached hydrogens (tertiary/aromatic N) is 1. The number of ether oxygens (including phenoxy) is 1. The highest BCUT2D eigenvalue weighted by molar-refractivity contribution is 5.65. The van der Waals surface area contributed by atoms with Gasteiger partial charge < -0.3 is 15.1 Å². The SMILES string of the molecule is CC(=O)OCCCCCCCCCO.O=[N+]([O-])O. The molecule has 0 aliphatic heterocycles. The van der Waals surface area contributed by atoms with Crippen LogP contribution in [0.2, 0.25) is 0 Å². The third kappa shape index (κ3) is 29.3. The molecule has 108 valence electrons. The molecule has 0 radical (unpaired) electrons. The van der Waals surface area contributed by atoms with E-state index in [0.717, 1.165) is 25.7 Å². The van der Waals surface area contributed by atoms with Gasteiger partial charge in [0.15, 0.2) is 0 Å². The Balaban J connectivity index is 0. The van der Waals surface area contributed by atoms with Gasteiger partial charge >= 0.3 is 5.97 Å². The van der Waals surface area contributed by atoms with Gasteiger partial charge in [0.2, 0.25) is 0 Å². The fourth-order valence-electron chi connectivity index (χ4n) is 1.31. The van der Waals surface area contributed by atoms with Gasteiger partial charge in [0.05, 0.1) is 6.61 Å². The number of carbonyl (C=O) groups is 1. The van der Waals surface area contributed by atoms with Crippen LogP contribution < -0.4 is 0 Å². The first-order valence-corrected chi connectivity index (χ1v) is 6.08. The highest BCUT2D eigenvalue weighted by atomic mass is 16.9. The van der Waals surface area contributed by atoms with Crippen LogP contribution in [0.1, 0.15) is 51.9 Å². The van der Waals surface area contributed by atoms with Crippen molar-refractivity contribution in [2.24, 2.45) is 0 Å². The molecule has 0 aliphatic carbocycles. The standard InChI is InChI=1S/C11H22O3.HNO3/c1-11(13)14-10-8-6-4-2-3-5-7-9-12;2-1(3)4/h12H,2-10H2,1H3;(H,2,3,4). The van der Waals surface area contributed by atoms with Crippen LogP contribution in [-0.4, -0.2) is 34.6 Å². The number of esters is 1. The van der Waals surface area contributed by atoms with Gasteiger partial charge in [-0.15, -0.1) is 10.1 Å². The maximum absolute atomic E-state index is 10.4. The van der Waals surface area contributed by atoms with Gasteiger partial charge in [-0.25, -0.2) is 0 Å². The lowest BCUT2D eigenvalue weighted by Gasteiger charge is -2.02. The zero-order valence-electron chi connectivity index (χ0n) is 10.8. The number of carbonyl (C=O) groups excluding carboxylic acids is 1. The van der Waals surface area contributed by atoms with Crippen molar-refractivity contribution in [1.82, 2.24) is 0 Å². The van der Waals surface area contributed by atoms with E-state index in [-0.39, 0.29) is 5.97 Å². The predicted octanol–water partition coefficient (Wildman–Crippen LogP) is 1.92. The summed E-state index contributed by atoms with van der Waals surface area (Å²) in [5.41, 5.74) is 0. The highest BCUT2D eigenvalue weighted by Crippen LogP contribution is 2.06. The minimum atomic E-state index is -1.50. The predicted molar refractivity (Wildman–Crippen MR) is 64.8 cm³/mol. The molecule has 0 aromatic rings. The fourth-order valence-corrected chi connectivity index (χ4v) is 1.31. The second-order valence-corrected chi connectivity index (χ2v) is 3.78. The van der Waals surface area contributed by atoms with Crippen molar-refractivity contribution >= 4 is 5.97 Å². The summed E-state index contributed by atoms with van der Waals surface area (Å²) in [5.74, 6) is -0.187. The third-order valence-corrected chi connectivity index (χ3v) is 2.11. The van der Waals surface area contributed by atoms with Gasteiger partial charge in [0, 0.05) is 13.5 Å². The summed E-state index contributed by atoms with van der Waals surface area (Å²) in [7, 11) is 0. The second-order valence-electron chi connectivity index (χ2n) is 3.78. The van der Waals surface area contributed by atoms with Gasteiger partial charge in [0.1, 0.15) is 0 Å². The number of rotatable bonds is 9. The average Bonchev–Trinajstić information content (AvgIpc) is 2.26. The maximum Gasteiger partial charge on any atom is 0.302 e. The minimum Gasteiger partial charge on any atom is -0.466 e. The molecule has 0 amide bonds. The van der Waals surface area contributed by atoms with E-state index in [9.17, 15) is 4.79 Å². The molecule has 0 atom stereocenters. The Kier molecular flexibility index (Phi) is 16.5. The monoisotopic (exact) mass is 265 g/mol. The van der Waals surface area contributed by atoms with Crippen molar-refractivity contribution in [2.45, 2.75) is 51.9 Å². The largest absolute Gasteiger partial charge is 0.466 e. The van der Waals surface area contributed by atoms with Gasteiger partial charge in [-0.05, 0) is 12.8 Å². The minimum absolute atomic E-state index is 0.187. The molecule has 7 heteroatoms. The molecule has 18 heavy (non-hydrogen) atoms. The molecule has 0 aromatic carbocycles. The molecule has 7 nitrogen and oxygen atoms in total. The fraction of sp³-hybridized carbons (Fsp3) is 0.909. The van der Waals surface area contributed by atoms with Crippen LogP contribution in [-0.2, 0) is 9.53 Å². The lowest BCUT2D eigenvalue weighted by atomic mass is 10.1. The number of unbranched alkanes of at least 4 members (excludes halogenated alkanes) is 6. The average molecular weight is 265 g/mol. The van der Waals surface area contributed by atoms with Crippen molar-refractivity contribution in [3.8, 4) is 0 Å². The van der Waals surface area contributed by atoms with E-state index in [1.165, 1.54) is 26.2 Å².